The summed E-state index contributed by atoms with van der Waals surface area (Å²) in [5, 5.41) is 2.77. The number of benzene rings is 1. The van der Waals surface area contributed by atoms with E-state index in [9.17, 15) is 13.2 Å². The van der Waals surface area contributed by atoms with E-state index in [0.29, 0.717) is 17.8 Å². The lowest BCUT2D eigenvalue weighted by Crippen LogP contribution is -2.30. The van der Waals surface area contributed by atoms with E-state index in [1.54, 1.807) is 39.0 Å². The number of carbonyl (C=O) groups excluding carboxylic acids is 1. The topological polar surface area (TPSA) is 89.3 Å². The Kier molecular flexibility index (Phi) is 5.39. The Morgan fingerprint density at radius 3 is 2.43 bits per heavy atom. The monoisotopic (exact) mass is 312 g/mol. The fourth-order valence-corrected chi connectivity index (χ4v) is 2.91. The van der Waals surface area contributed by atoms with Crippen LogP contribution in [-0.2, 0) is 14.6 Å². The van der Waals surface area contributed by atoms with E-state index in [1.807, 2.05) is 6.92 Å². The molecule has 0 aliphatic heterocycles. The van der Waals surface area contributed by atoms with Crippen molar-refractivity contribution in [1.82, 2.24) is 0 Å². The van der Waals surface area contributed by atoms with Gasteiger partial charge in [0.15, 0.2) is 9.84 Å². The number of aryl methyl sites for hydroxylation is 1. The highest BCUT2D eigenvalue weighted by molar-refractivity contribution is 7.92. The Bertz CT molecular complexity index is 616. The van der Waals surface area contributed by atoms with Crippen molar-refractivity contribution in [3.63, 3.8) is 0 Å². The largest absolute Gasteiger partial charge is 0.399 e. The van der Waals surface area contributed by atoms with Crippen LogP contribution in [0.25, 0.3) is 0 Å². The van der Waals surface area contributed by atoms with Gasteiger partial charge in [-0.25, -0.2) is 8.42 Å². The van der Waals surface area contributed by atoms with Gasteiger partial charge in [0, 0.05) is 17.8 Å². The van der Waals surface area contributed by atoms with Crippen LogP contribution in [0.5, 0.6) is 0 Å². The second kappa shape index (κ2) is 6.47. The maximum absolute atomic E-state index is 11.9. The summed E-state index contributed by atoms with van der Waals surface area (Å²) in [6.07, 6.45) is 0.499. The molecule has 0 bridgehead atoms. The van der Waals surface area contributed by atoms with Gasteiger partial charge in [-0.1, -0.05) is 0 Å². The average Bonchev–Trinajstić information content (AvgIpc) is 2.31. The number of hydrogen-bond donors (Lipinski definition) is 2. The maximum Gasteiger partial charge on any atom is 0.224 e. The van der Waals surface area contributed by atoms with Crippen LogP contribution >= 0.6 is 0 Å². The fourth-order valence-electron chi connectivity index (χ4n) is 1.77. The Labute approximate surface area is 126 Å². The van der Waals surface area contributed by atoms with Crippen LogP contribution in [0.15, 0.2) is 18.2 Å². The molecule has 0 heterocycles. The van der Waals surface area contributed by atoms with Gasteiger partial charge in [0.25, 0.3) is 0 Å². The van der Waals surface area contributed by atoms with E-state index in [1.165, 1.54) is 0 Å². The molecule has 0 fully saturated rings. The SMILES string of the molecule is Cc1cc(N)ccc1NC(=O)CCCS(=O)(=O)C(C)(C)C. The molecule has 1 aromatic rings. The molecule has 0 saturated carbocycles. The molecular weight excluding hydrogens is 288 g/mol. The number of carbonyl (C=O) groups is 1. The zero-order valence-electron chi connectivity index (χ0n) is 13.1. The van der Waals surface area contributed by atoms with Crippen LogP contribution in [-0.4, -0.2) is 24.8 Å². The minimum absolute atomic E-state index is 0.0185. The van der Waals surface area contributed by atoms with Gasteiger partial charge in [0.05, 0.1) is 10.5 Å². The third-order valence-corrected chi connectivity index (χ3v) is 5.97. The highest BCUT2D eigenvalue weighted by Crippen LogP contribution is 2.19. The zero-order valence-corrected chi connectivity index (χ0v) is 13.9. The second-order valence-electron chi connectivity index (χ2n) is 6.16. The number of sulfone groups is 1. The lowest BCUT2D eigenvalue weighted by Gasteiger charge is -2.18. The van der Waals surface area contributed by atoms with Crippen molar-refractivity contribution in [2.24, 2.45) is 0 Å². The summed E-state index contributed by atoms with van der Waals surface area (Å²) in [7, 11) is -3.18. The minimum Gasteiger partial charge on any atom is -0.399 e. The minimum atomic E-state index is -3.18. The van der Waals surface area contributed by atoms with Crippen molar-refractivity contribution >= 4 is 27.1 Å². The van der Waals surface area contributed by atoms with Crippen molar-refractivity contribution in [1.29, 1.82) is 0 Å². The van der Waals surface area contributed by atoms with Gasteiger partial charge in [-0.3, -0.25) is 4.79 Å². The molecule has 3 N–H and O–H groups in total. The summed E-state index contributed by atoms with van der Waals surface area (Å²) in [4.78, 5) is 11.8. The number of nitrogens with two attached hydrogens (primary N) is 1. The smallest absolute Gasteiger partial charge is 0.224 e. The van der Waals surface area contributed by atoms with E-state index >= 15 is 0 Å². The normalized spacial score (nSPS) is 12.2. The average molecular weight is 312 g/mol. The third-order valence-electron chi connectivity index (χ3n) is 3.27. The Hall–Kier alpha value is -1.56. The van der Waals surface area contributed by atoms with Gasteiger partial charge in [-0.15, -0.1) is 0 Å². The molecule has 0 aromatic heterocycles. The molecule has 0 unspecified atom stereocenters. The van der Waals surface area contributed by atoms with Gasteiger partial charge < -0.3 is 11.1 Å². The second-order valence-corrected chi connectivity index (χ2v) is 9.02. The summed E-state index contributed by atoms with van der Waals surface area (Å²) in [6, 6.07) is 5.24. The Morgan fingerprint density at radius 2 is 1.90 bits per heavy atom. The zero-order chi connectivity index (χ0) is 16.3. The first-order valence-corrected chi connectivity index (χ1v) is 8.56. The maximum atomic E-state index is 11.9. The fraction of sp³-hybridized carbons (Fsp3) is 0.533. The molecule has 1 rings (SSSR count). The highest BCUT2D eigenvalue weighted by atomic mass is 32.2. The lowest BCUT2D eigenvalue weighted by atomic mass is 10.1. The predicted molar refractivity (Wildman–Crippen MR) is 87.0 cm³/mol. The van der Waals surface area contributed by atoms with Gasteiger partial charge in [-0.2, -0.15) is 0 Å². The first-order valence-electron chi connectivity index (χ1n) is 6.91. The molecule has 0 aliphatic carbocycles. The first kappa shape index (κ1) is 17.5. The van der Waals surface area contributed by atoms with Crippen LogP contribution in [0.1, 0.15) is 39.2 Å². The molecule has 0 aliphatic rings. The van der Waals surface area contributed by atoms with E-state index in [-0.39, 0.29) is 18.1 Å². The number of hydrogen-bond acceptors (Lipinski definition) is 4. The standard InChI is InChI=1S/C15H24N2O3S/c1-11-10-12(16)7-8-13(11)17-14(18)6-5-9-21(19,20)15(2,3)4/h7-8,10H,5-6,9,16H2,1-4H3,(H,17,18). The Morgan fingerprint density at radius 1 is 1.29 bits per heavy atom. The van der Waals surface area contributed by atoms with E-state index in [2.05, 4.69) is 5.32 Å². The molecule has 0 atom stereocenters. The van der Waals surface area contributed by atoms with Crippen LogP contribution in [0.4, 0.5) is 11.4 Å². The lowest BCUT2D eigenvalue weighted by molar-refractivity contribution is -0.116. The molecule has 118 valence electrons. The summed E-state index contributed by atoms with van der Waals surface area (Å²) in [5.74, 6) is -0.169. The number of nitrogens with one attached hydrogen (secondary N) is 1. The van der Waals surface area contributed by atoms with Crippen molar-refractivity contribution in [3.8, 4) is 0 Å². The van der Waals surface area contributed by atoms with Gasteiger partial charge >= 0.3 is 0 Å². The van der Waals surface area contributed by atoms with Crippen molar-refractivity contribution in [2.45, 2.75) is 45.3 Å². The first-order chi connectivity index (χ1) is 9.53. The van der Waals surface area contributed by atoms with Gasteiger partial charge in [0.2, 0.25) is 5.91 Å². The molecule has 0 spiro atoms. The number of amides is 1. The van der Waals surface area contributed by atoms with Gasteiger partial charge in [0.1, 0.15) is 0 Å². The van der Waals surface area contributed by atoms with E-state index in [0.717, 1.165) is 5.56 Å². The van der Waals surface area contributed by atoms with Gasteiger partial charge in [-0.05, 0) is 57.9 Å². The van der Waals surface area contributed by atoms with Crippen LogP contribution in [0, 0.1) is 6.92 Å². The molecular formula is C15H24N2O3S. The molecule has 1 amide bonds. The van der Waals surface area contributed by atoms with E-state index < -0.39 is 14.6 Å². The third kappa shape index (κ3) is 5.04. The van der Waals surface area contributed by atoms with Crippen LogP contribution < -0.4 is 11.1 Å². The molecule has 0 saturated heterocycles. The summed E-state index contributed by atoms with van der Waals surface area (Å²) in [6.45, 7) is 6.86. The quantitative estimate of drug-likeness (QED) is 0.818. The molecule has 1 aromatic carbocycles. The van der Waals surface area contributed by atoms with Crippen molar-refractivity contribution in [2.75, 3.05) is 16.8 Å². The molecule has 6 heteroatoms. The van der Waals surface area contributed by atoms with Crippen molar-refractivity contribution in [3.05, 3.63) is 23.8 Å². The molecule has 5 nitrogen and oxygen atoms in total. The van der Waals surface area contributed by atoms with Crippen molar-refractivity contribution < 1.29 is 13.2 Å². The highest BCUT2D eigenvalue weighted by Gasteiger charge is 2.28. The summed E-state index contributed by atoms with van der Waals surface area (Å²) < 4.78 is 23.1. The number of rotatable bonds is 5. The number of nitrogen functional groups attached to an aromatic ring is 1. The summed E-state index contributed by atoms with van der Waals surface area (Å²) >= 11 is 0. The van der Waals surface area contributed by atoms with Crippen LogP contribution in [0.3, 0.4) is 0 Å². The van der Waals surface area contributed by atoms with Crippen LogP contribution in [0.2, 0.25) is 0 Å². The Balaban J connectivity index is 2.52. The molecule has 21 heavy (non-hydrogen) atoms. The predicted octanol–water partition coefficient (Wildman–Crippen LogP) is 2.51. The molecule has 0 radical (unpaired) electrons. The summed E-state index contributed by atoms with van der Waals surface area (Å²) in [5.41, 5.74) is 7.87. The van der Waals surface area contributed by atoms with E-state index in [4.69, 9.17) is 5.73 Å². The number of anilines is 2.